The molecule has 0 aliphatic carbocycles. The molecule has 1 spiro atoms. The summed E-state index contributed by atoms with van der Waals surface area (Å²) in [5.74, 6) is 1.04. The summed E-state index contributed by atoms with van der Waals surface area (Å²) in [6.07, 6.45) is 2.53. The maximum absolute atomic E-state index is 11.8. The Morgan fingerprint density at radius 3 is 2.75 bits per heavy atom. The van der Waals surface area contributed by atoms with E-state index in [0.717, 1.165) is 25.7 Å². The van der Waals surface area contributed by atoms with Crippen molar-refractivity contribution in [3.8, 4) is 0 Å². The van der Waals surface area contributed by atoms with Gasteiger partial charge in [0, 0.05) is 19.4 Å². The maximum Gasteiger partial charge on any atom is 0.330 e. The molecule has 0 radical (unpaired) electrons. The minimum Gasteiger partial charge on any atom is -0.400 e. The Balaban J connectivity index is 0.000000704. The highest BCUT2D eigenvalue weighted by Crippen LogP contribution is 2.56. The molecule has 3 rings (SSSR count). The van der Waals surface area contributed by atoms with Crippen LogP contribution in [0.4, 0.5) is 0 Å². The molecule has 1 unspecified atom stereocenters. The van der Waals surface area contributed by atoms with Crippen molar-refractivity contribution >= 4 is 11.8 Å². The first-order valence-corrected chi connectivity index (χ1v) is 7.30. The van der Waals surface area contributed by atoms with Crippen LogP contribution in [0.1, 0.15) is 19.1 Å². The number of aliphatic hydroxyl groups is 2. The first-order chi connectivity index (χ1) is 9.64. The predicted octanol–water partition coefficient (Wildman–Crippen LogP) is -0.699. The van der Waals surface area contributed by atoms with Crippen molar-refractivity contribution in [2.45, 2.75) is 29.9 Å². The van der Waals surface area contributed by atoms with Crippen LogP contribution in [0.2, 0.25) is 0 Å². The van der Waals surface area contributed by atoms with E-state index in [4.69, 9.17) is 9.84 Å². The van der Waals surface area contributed by atoms with Gasteiger partial charge in [0.15, 0.2) is 6.23 Å². The largest absolute Gasteiger partial charge is 0.400 e. The molecule has 20 heavy (non-hydrogen) atoms. The number of hydrogen-bond donors (Lipinski definition) is 3. The molecule has 0 aromatic carbocycles. The molecule has 2 saturated heterocycles. The first kappa shape index (κ1) is 15.3. The highest BCUT2D eigenvalue weighted by Gasteiger charge is 2.54. The van der Waals surface area contributed by atoms with E-state index >= 15 is 0 Å². The number of ether oxygens (including phenoxy) is 1. The van der Waals surface area contributed by atoms with Gasteiger partial charge in [-0.25, -0.2) is 4.79 Å². The Morgan fingerprint density at radius 2 is 2.25 bits per heavy atom. The van der Waals surface area contributed by atoms with Crippen LogP contribution in [0, 0.1) is 0 Å². The number of thioether (sulfide) groups is 1. The number of nitrogens with zero attached hydrogens (tertiary/aromatic N) is 1. The van der Waals surface area contributed by atoms with Gasteiger partial charge in [0.1, 0.15) is 0 Å². The Bertz CT molecular complexity index is 565. The summed E-state index contributed by atoms with van der Waals surface area (Å²) in [4.78, 5) is 25.1. The third-order valence-electron chi connectivity index (χ3n) is 3.57. The fourth-order valence-electron chi connectivity index (χ4n) is 2.60. The van der Waals surface area contributed by atoms with E-state index < -0.39 is 17.5 Å². The highest BCUT2D eigenvalue weighted by atomic mass is 32.2. The van der Waals surface area contributed by atoms with Crippen LogP contribution in [0.3, 0.4) is 0 Å². The molecular weight excluding hydrogens is 284 g/mol. The number of hydrogen-bond acceptors (Lipinski definition) is 6. The molecule has 112 valence electrons. The Labute approximate surface area is 119 Å². The summed E-state index contributed by atoms with van der Waals surface area (Å²) < 4.78 is 7.04. The predicted molar refractivity (Wildman–Crippen MR) is 74.9 cm³/mol. The summed E-state index contributed by atoms with van der Waals surface area (Å²) in [6, 6.07) is 1.31. The van der Waals surface area contributed by atoms with Crippen molar-refractivity contribution in [3.63, 3.8) is 0 Å². The zero-order chi connectivity index (χ0) is 14.8. The van der Waals surface area contributed by atoms with Gasteiger partial charge in [0.2, 0.25) is 0 Å². The highest BCUT2D eigenvalue weighted by molar-refractivity contribution is 8.02. The minimum atomic E-state index is -0.460. The van der Waals surface area contributed by atoms with Crippen molar-refractivity contribution in [2.24, 2.45) is 0 Å². The maximum atomic E-state index is 11.8. The van der Waals surface area contributed by atoms with Crippen LogP contribution in [0.25, 0.3) is 0 Å². The SMILES string of the molecule is CO.O=c1ccn(C2O[C@H](CO)C[C@]23CCS3)c(=O)[nH]1. The van der Waals surface area contributed by atoms with E-state index in [1.807, 2.05) is 0 Å². The van der Waals surface area contributed by atoms with Crippen LogP contribution < -0.4 is 11.2 Å². The average Bonchev–Trinajstić information content (AvgIpc) is 2.81. The van der Waals surface area contributed by atoms with E-state index in [1.165, 1.54) is 16.8 Å². The summed E-state index contributed by atoms with van der Waals surface area (Å²) in [5.41, 5.74) is -0.874. The normalized spacial score (nSPS) is 31.6. The Kier molecular flexibility index (Phi) is 4.69. The third-order valence-corrected chi connectivity index (χ3v) is 5.12. The molecule has 3 N–H and O–H groups in total. The minimum absolute atomic E-state index is 0.0447. The van der Waals surface area contributed by atoms with Gasteiger partial charge in [-0.2, -0.15) is 11.8 Å². The van der Waals surface area contributed by atoms with E-state index in [9.17, 15) is 14.7 Å². The fourth-order valence-corrected chi connectivity index (χ4v) is 3.94. The van der Waals surface area contributed by atoms with Crippen molar-refractivity contribution in [3.05, 3.63) is 33.1 Å². The lowest BCUT2D eigenvalue weighted by molar-refractivity contribution is -0.0324. The van der Waals surface area contributed by atoms with Gasteiger partial charge in [0.25, 0.3) is 5.56 Å². The van der Waals surface area contributed by atoms with Crippen LogP contribution >= 0.6 is 11.8 Å². The number of rotatable bonds is 2. The second-order valence-corrected chi connectivity index (χ2v) is 6.19. The summed E-state index contributed by atoms with van der Waals surface area (Å²) >= 11 is 1.76. The van der Waals surface area contributed by atoms with Gasteiger partial charge in [-0.1, -0.05) is 0 Å². The second-order valence-electron chi connectivity index (χ2n) is 4.68. The molecule has 3 atom stereocenters. The molecule has 1 aromatic heterocycles. The van der Waals surface area contributed by atoms with E-state index in [2.05, 4.69) is 4.98 Å². The van der Waals surface area contributed by atoms with Crippen molar-refractivity contribution in [2.75, 3.05) is 19.5 Å². The van der Waals surface area contributed by atoms with Gasteiger partial charge < -0.3 is 14.9 Å². The molecule has 2 aliphatic heterocycles. The van der Waals surface area contributed by atoms with E-state index in [0.29, 0.717) is 0 Å². The molecule has 0 bridgehead atoms. The molecule has 0 saturated carbocycles. The molecule has 8 heteroatoms. The van der Waals surface area contributed by atoms with Gasteiger partial charge in [-0.3, -0.25) is 14.3 Å². The quantitative estimate of drug-likeness (QED) is 0.667. The van der Waals surface area contributed by atoms with Crippen molar-refractivity contribution in [1.29, 1.82) is 0 Å². The van der Waals surface area contributed by atoms with Gasteiger partial charge >= 0.3 is 5.69 Å². The number of aliphatic hydroxyl groups excluding tert-OH is 2. The lowest BCUT2D eigenvalue weighted by atomic mass is 9.97. The Morgan fingerprint density at radius 1 is 1.55 bits per heavy atom. The summed E-state index contributed by atoms with van der Waals surface area (Å²) in [7, 11) is 1.00. The molecule has 3 heterocycles. The summed E-state index contributed by atoms with van der Waals surface area (Å²) in [6.45, 7) is -0.0447. The fraction of sp³-hybridized carbons (Fsp3) is 0.667. The van der Waals surface area contributed by atoms with Crippen molar-refractivity contribution in [1.82, 2.24) is 9.55 Å². The molecule has 1 aromatic rings. The third kappa shape index (κ3) is 2.56. The van der Waals surface area contributed by atoms with Crippen LogP contribution in [-0.4, -0.2) is 50.1 Å². The van der Waals surface area contributed by atoms with Crippen LogP contribution in [0.15, 0.2) is 21.9 Å². The lowest BCUT2D eigenvalue weighted by Gasteiger charge is -2.41. The van der Waals surface area contributed by atoms with Crippen molar-refractivity contribution < 1.29 is 14.9 Å². The zero-order valence-corrected chi connectivity index (χ0v) is 11.9. The lowest BCUT2D eigenvalue weighted by Crippen LogP contribution is -2.44. The average molecular weight is 302 g/mol. The Hall–Kier alpha value is -1.09. The number of H-pyrrole nitrogens is 1. The van der Waals surface area contributed by atoms with Gasteiger partial charge in [0.05, 0.1) is 17.5 Å². The molecular formula is C12H18N2O5S. The van der Waals surface area contributed by atoms with E-state index in [1.54, 1.807) is 11.8 Å². The number of nitrogens with one attached hydrogen (secondary N) is 1. The standard InChI is InChI=1S/C11H14N2O4S.CH4O/c14-6-7-5-11(2-4-18-11)9(17-7)13-3-1-8(15)12-10(13)16;1-2/h1,3,7,9,14H,2,4-6H2,(H,12,15,16);2H,1H3/t7-,9?,11+;/m0./s1. The number of aromatic nitrogens is 2. The molecule has 2 fully saturated rings. The summed E-state index contributed by atoms with van der Waals surface area (Å²) in [5, 5.41) is 16.2. The van der Waals surface area contributed by atoms with E-state index in [-0.39, 0.29) is 17.5 Å². The smallest absolute Gasteiger partial charge is 0.330 e. The molecule has 7 nitrogen and oxygen atoms in total. The monoisotopic (exact) mass is 302 g/mol. The molecule has 0 amide bonds. The van der Waals surface area contributed by atoms with Gasteiger partial charge in [-0.05, 0) is 18.6 Å². The van der Waals surface area contributed by atoms with Gasteiger partial charge in [-0.15, -0.1) is 0 Å². The van der Waals surface area contributed by atoms with Crippen LogP contribution in [-0.2, 0) is 4.74 Å². The molecule has 2 aliphatic rings. The first-order valence-electron chi connectivity index (χ1n) is 6.31. The topological polar surface area (TPSA) is 105 Å². The number of aromatic amines is 1. The van der Waals surface area contributed by atoms with Crippen LogP contribution in [0.5, 0.6) is 0 Å². The zero-order valence-electron chi connectivity index (χ0n) is 11.1. The second kappa shape index (κ2) is 6.13.